The van der Waals surface area contributed by atoms with Gasteiger partial charge in [0.05, 0.1) is 10.6 Å². The van der Waals surface area contributed by atoms with Crippen LogP contribution in [-0.4, -0.2) is 34.3 Å². The van der Waals surface area contributed by atoms with Crippen molar-refractivity contribution in [3.63, 3.8) is 0 Å². The Balaban J connectivity index is 2.26. The molecular formula is C11H12ClN3O2. The first-order valence-electron chi connectivity index (χ1n) is 5.31. The molecule has 2 rings (SSSR count). The van der Waals surface area contributed by atoms with E-state index in [1.165, 1.54) is 17.3 Å². The average molecular weight is 254 g/mol. The molecule has 6 heteroatoms. The lowest BCUT2D eigenvalue weighted by atomic mass is 10.2. The molecule has 1 aromatic rings. The number of pyridine rings is 1. The van der Waals surface area contributed by atoms with Gasteiger partial charge in [-0.05, 0) is 18.9 Å². The zero-order valence-electron chi connectivity index (χ0n) is 9.10. The highest BCUT2D eigenvalue weighted by molar-refractivity contribution is 6.33. The van der Waals surface area contributed by atoms with Gasteiger partial charge in [-0.2, -0.15) is 0 Å². The number of rotatable bonds is 2. The molecule has 0 saturated carbocycles. The molecule has 17 heavy (non-hydrogen) atoms. The SMILES string of the molecule is NC(=O)C1CCCN1C(=O)c1cnccc1Cl. The molecule has 1 unspecified atom stereocenters. The Morgan fingerprint density at radius 2 is 2.29 bits per heavy atom. The second-order valence-electron chi connectivity index (χ2n) is 3.91. The van der Waals surface area contributed by atoms with Crippen LogP contribution < -0.4 is 5.73 Å². The molecule has 0 bridgehead atoms. The van der Waals surface area contributed by atoms with Gasteiger partial charge >= 0.3 is 0 Å². The van der Waals surface area contributed by atoms with Gasteiger partial charge in [-0.25, -0.2) is 0 Å². The minimum absolute atomic E-state index is 0.288. The number of carbonyl (C=O) groups excluding carboxylic acids is 2. The third-order valence-electron chi connectivity index (χ3n) is 2.84. The van der Waals surface area contributed by atoms with E-state index < -0.39 is 11.9 Å². The second-order valence-corrected chi connectivity index (χ2v) is 4.32. The number of amides is 2. The molecule has 1 fully saturated rings. The van der Waals surface area contributed by atoms with Crippen LogP contribution >= 0.6 is 11.6 Å². The quantitative estimate of drug-likeness (QED) is 0.848. The largest absolute Gasteiger partial charge is 0.368 e. The van der Waals surface area contributed by atoms with Gasteiger partial charge in [-0.15, -0.1) is 0 Å². The summed E-state index contributed by atoms with van der Waals surface area (Å²) >= 11 is 5.92. The Bertz CT molecular complexity index is 464. The Kier molecular flexibility index (Phi) is 3.28. The molecule has 5 nitrogen and oxygen atoms in total. The Hall–Kier alpha value is -1.62. The number of nitrogens with two attached hydrogens (primary N) is 1. The highest BCUT2D eigenvalue weighted by atomic mass is 35.5. The molecule has 1 aliphatic heterocycles. The van der Waals surface area contributed by atoms with Crippen molar-refractivity contribution in [3.8, 4) is 0 Å². The molecule has 0 radical (unpaired) electrons. The van der Waals surface area contributed by atoms with Crippen molar-refractivity contribution in [3.05, 3.63) is 29.0 Å². The Labute approximate surface area is 104 Å². The summed E-state index contributed by atoms with van der Waals surface area (Å²) in [6, 6.07) is 1.02. The maximum Gasteiger partial charge on any atom is 0.257 e. The minimum Gasteiger partial charge on any atom is -0.368 e. The summed E-state index contributed by atoms with van der Waals surface area (Å²) in [4.78, 5) is 28.7. The van der Waals surface area contributed by atoms with Crippen LogP contribution in [0.25, 0.3) is 0 Å². The van der Waals surface area contributed by atoms with Gasteiger partial charge in [-0.1, -0.05) is 11.6 Å². The van der Waals surface area contributed by atoms with E-state index in [4.69, 9.17) is 17.3 Å². The highest BCUT2D eigenvalue weighted by Gasteiger charge is 2.33. The molecule has 2 heterocycles. The fourth-order valence-corrected chi connectivity index (χ4v) is 2.18. The van der Waals surface area contributed by atoms with Gasteiger partial charge in [0.1, 0.15) is 6.04 Å². The van der Waals surface area contributed by atoms with E-state index in [2.05, 4.69) is 4.98 Å². The van der Waals surface area contributed by atoms with Gasteiger partial charge in [0.2, 0.25) is 5.91 Å². The van der Waals surface area contributed by atoms with Crippen LogP contribution in [0.5, 0.6) is 0 Å². The number of nitrogens with zero attached hydrogens (tertiary/aromatic N) is 2. The number of hydrogen-bond donors (Lipinski definition) is 1. The van der Waals surface area contributed by atoms with Crippen molar-refractivity contribution in [1.82, 2.24) is 9.88 Å². The molecule has 0 aromatic carbocycles. The molecule has 1 atom stereocenters. The van der Waals surface area contributed by atoms with Gasteiger partial charge in [0, 0.05) is 18.9 Å². The van der Waals surface area contributed by atoms with Crippen molar-refractivity contribution in [1.29, 1.82) is 0 Å². The topological polar surface area (TPSA) is 76.3 Å². The molecule has 1 aliphatic rings. The predicted octanol–water partition coefficient (Wildman–Crippen LogP) is 0.825. The van der Waals surface area contributed by atoms with Crippen molar-refractivity contribution in [2.75, 3.05) is 6.54 Å². The van der Waals surface area contributed by atoms with Crippen LogP contribution in [0.4, 0.5) is 0 Å². The lowest BCUT2D eigenvalue weighted by Gasteiger charge is -2.22. The Morgan fingerprint density at radius 1 is 1.53 bits per heavy atom. The molecule has 0 spiro atoms. The van der Waals surface area contributed by atoms with E-state index in [-0.39, 0.29) is 5.91 Å². The Morgan fingerprint density at radius 3 is 2.94 bits per heavy atom. The van der Waals surface area contributed by atoms with E-state index in [1.807, 2.05) is 0 Å². The molecule has 2 N–H and O–H groups in total. The van der Waals surface area contributed by atoms with Crippen LogP contribution in [0.2, 0.25) is 5.02 Å². The molecule has 90 valence electrons. The van der Waals surface area contributed by atoms with Gasteiger partial charge in [0.15, 0.2) is 0 Å². The first kappa shape index (κ1) is 11.9. The minimum atomic E-state index is -0.529. The van der Waals surface area contributed by atoms with Gasteiger partial charge in [0.25, 0.3) is 5.91 Å². The number of halogens is 1. The molecule has 0 aliphatic carbocycles. The van der Waals surface area contributed by atoms with E-state index in [1.54, 1.807) is 6.07 Å². The zero-order valence-corrected chi connectivity index (χ0v) is 9.85. The molecular weight excluding hydrogens is 242 g/mol. The third kappa shape index (κ3) is 2.24. The van der Waals surface area contributed by atoms with E-state index in [0.29, 0.717) is 23.6 Å². The van der Waals surface area contributed by atoms with Crippen LogP contribution in [0.15, 0.2) is 18.5 Å². The summed E-state index contributed by atoms with van der Waals surface area (Å²) in [5, 5.41) is 0.333. The van der Waals surface area contributed by atoms with Crippen molar-refractivity contribution >= 4 is 23.4 Å². The smallest absolute Gasteiger partial charge is 0.257 e. The molecule has 2 amide bonds. The molecule has 1 saturated heterocycles. The van der Waals surface area contributed by atoms with Crippen molar-refractivity contribution < 1.29 is 9.59 Å². The van der Waals surface area contributed by atoms with Crippen LogP contribution in [-0.2, 0) is 4.79 Å². The maximum absolute atomic E-state index is 12.2. The van der Waals surface area contributed by atoms with Crippen molar-refractivity contribution in [2.45, 2.75) is 18.9 Å². The number of primary amides is 1. The summed E-state index contributed by atoms with van der Waals surface area (Å²) in [5.41, 5.74) is 5.57. The fourth-order valence-electron chi connectivity index (χ4n) is 2.00. The number of carbonyl (C=O) groups is 2. The number of aromatic nitrogens is 1. The van der Waals surface area contributed by atoms with Crippen LogP contribution in [0.1, 0.15) is 23.2 Å². The highest BCUT2D eigenvalue weighted by Crippen LogP contribution is 2.22. The summed E-state index contributed by atoms with van der Waals surface area (Å²) in [7, 11) is 0. The third-order valence-corrected chi connectivity index (χ3v) is 3.17. The van der Waals surface area contributed by atoms with Gasteiger partial charge in [-0.3, -0.25) is 14.6 Å². The molecule has 1 aromatic heterocycles. The lowest BCUT2D eigenvalue weighted by molar-refractivity contribution is -0.121. The summed E-state index contributed by atoms with van der Waals surface area (Å²) in [6.45, 7) is 0.525. The summed E-state index contributed by atoms with van der Waals surface area (Å²) in [5.74, 6) is -0.764. The van der Waals surface area contributed by atoms with E-state index >= 15 is 0 Å². The normalized spacial score (nSPS) is 19.4. The van der Waals surface area contributed by atoms with Crippen molar-refractivity contribution in [2.24, 2.45) is 5.73 Å². The monoisotopic (exact) mass is 253 g/mol. The predicted molar refractivity (Wildman–Crippen MR) is 62.5 cm³/mol. The standard InChI is InChI=1S/C11H12ClN3O2/c12-8-3-4-14-6-7(8)11(17)15-5-1-2-9(15)10(13)16/h3-4,6,9H,1-2,5H2,(H2,13,16). The number of hydrogen-bond acceptors (Lipinski definition) is 3. The summed E-state index contributed by atoms with van der Waals surface area (Å²) in [6.07, 6.45) is 4.30. The van der Waals surface area contributed by atoms with E-state index in [9.17, 15) is 9.59 Å². The first-order chi connectivity index (χ1) is 8.11. The van der Waals surface area contributed by atoms with Crippen LogP contribution in [0, 0.1) is 0 Å². The van der Waals surface area contributed by atoms with Gasteiger partial charge < -0.3 is 10.6 Å². The van der Waals surface area contributed by atoms with E-state index in [0.717, 1.165) is 6.42 Å². The number of likely N-dealkylation sites (tertiary alicyclic amines) is 1. The first-order valence-corrected chi connectivity index (χ1v) is 5.69. The second kappa shape index (κ2) is 4.71. The lowest BCUT2D eigenvalue weighted by Crippen LogP contribution is -2.43. The zero-order chi connectivity index (χ0) is 12.4. The van der Waals surface area contributed by atoms with Crippen LogP contribution in [0.3, 0.4) is 0 Å². The summed E-state index contributed by atoms with van der Waals surface area (Å²) < 4.78 is 0. The fraction of sp³-hybridized carbons (Fsp3) is 0.364. The average Bonchev–Trinajstić information content (AvgIpc) is 2.77. The maximum atomic E-state index is 12.2.